The Bertz CT molecular complexity index is 825. The lowest BCUT2D eigenvalue weighted by Crippen LogP contribution is -1.95. The lowest BCUT2D eigenvalue weighted by molar-refractivity contribution is 0.103. The van der Waals surface area contributed by atoms with Gasteiger partial charge in [0.2, 0.25) is 0 Å². The van der Waals surface area contributed by atoms with Gasteiger partial charge in [0.1, 0.15) is 0 Å². The van der Waals surface area contributed by atoms with E-state index < -0.39 is 0 Å². The van der Waals surface area contributed by atoms with Crippen LogP contribution in [0.15, 0.2) is 64.3 Å². The van der Waals surface area contributed by atoms with Crippen LogP contribution in [0.25, 0.3) is 17.7 Å². The SMILES string of the molecule is C=Cn1c(C#CC(=O)c2ccco2)ccc1-c1ccco1. The van der Waals surface area contributed by atoms with Crippen molar-refractivity contribution in [2.24, 2.45) is 0 Å². The molecule has 0 saturated heterocycles. The molecule has 0 aromatic carbocycles. The van der Waals surface area contributed by atoms with Crippen molar-refractivity contribution in [1.82, 2.24) is 4.57 Å². The highest BCUT2D eigenvalue weighted by Gasteiger charge is 2.09. The molecule has 0 N–H and O–H groups in total. The van der Waals surface area contributed by atoms with E-state index in [0.29, 0.717) is 11.5 Å². The van der Waals surface area contributed by atoms with Crippen LogP contribution in [0.5, 0.6) is 0 Å². The predicted molar refractivity (Wildman–Crippen MR) is 78.4 cm³/mol. The van der Waals surface area contributed by atoms with Crippen molar-refractivity contribution < 1.29 is 13.6 Å². The van der Waals surface area contributed by atoms with Crippen LogP contribution in [0.2, 0.25) is 0 Å². The van der Waals surface area contributed by atoms with Gasteiger partial charge in [0, 0.05) is 6.20 Å². The van der Waals surface area contributed by atoms with E-state index in [4.69, 9.17) is 8.83 Å². The highest BCUT2D eigenvalue weighted by atomic mass is 16.3. The zero-order valence-electron chi connectivity index (χ0n) is 11.1. The smallest absolute Gasteiger partial charge is 0.271 e. The molecule has 0 saturated carbocycles. The van der Waals surface area contributed by atoms with E-state index in [0.717, 1.165) is 5.69 Å². The summed E-state index contributed by atoms with van der Waals surface area (Å²) in [5, 5.41) is 0. The van der Waals surface area contributed by atoms with Crippen LogP contribution in [0, 0.1) is 11.8 Å². The van der Waals surface area contributed by atoms with Gasteiger partial charge in [-0.1, -0.05) is 6.58 Å². The molecule has 0 aliphatic heterocycles. The first kappa shape index (κ1) is 12.8. The maximum atomic E-state index is 11.8. The van der Waals surface area contributed by atoms with E-state index in [1.54, 1.807) is 29.2 Å². The molecule has 0 radical (unpaired) electrons. The van der Waals surface area contributed by atoms with Crippen LogP contribution in [0.1, 0.15) is 16.2 Å². The van der Waals surface area contributed by atoms with Gasteiger partial charge in [-0.3, -0.25) is 4.79 Å². The number of Topliss-reactive ketones (excluding diaryl/α,β-unsaturated/α-hetero) is 1. The van der Waals surface area contributed by atoms with Crippen LogP contribution < -0.4 is 0 Å². The average Bonchev–Trinajstić information content (AvgIpc) is 3.24. The largest absolute Gasteiger partial charge is 0.463 e. The number of carbonyl (C=O) groups is 1. The van der Waals surface area contributed by atoms with Gasteiger partial charge in [-0.05, 0) is 48.2 Å². The summed E-state index contributed by atoms with van der Waals surface area (Å²) in [7, 11) is 0. The molecule has 0 spiro atoms. The van der Waals surface area contributed by atoms with Gasteiger partial charge in [-0.2, -0.15) is 0 Å². The molecule has 0 aliphatic carbocycles. The Kier molecular flexibility index (Phi) is 3.32. The second kappa shape index (κ2) is 5.43. The number of furan rings is 2. The van der Waals surface area contributed by atoms with E-state index in [2.05, 4.69) is 18.4 Å². The topological polar surface area (TPSA) is 48.3 Å². The Hall–Kier alpha value is -3.19. The normalized spacial score (nSPS) is 9.90. The number of aromatic nitrogens is 1. The third kappa shape index (κ3) is 2.45. The summed E-state index contributed by atoms with van der Waals surface area (Å²) in [6.45, 7) is 3.76. The Labute approximate surface area is 121 Å². The molecule has 4 heteroatoms. The first-order valence-corrected chi connectivity index (χ1v) is 6.27. The Balaban J connectivity index is 1.94. The third-order valence-corrected chi connectivity index (χ3v) is 2.92. The molecule has 0 bridgehead atoms. The molecule has 0 unspecified atom stereocenters. The lowest BCUT2D eigenvalue weighted by Gasteiger charge is -2.01. The van der Waals surface area contributed by atoms with Gasteiger partial charge in [0.05, 0.1) is 23.9 Å². The lowest BCUT2D eigenvalue weighted by atomic mass is 10.3. The van der Waals surface area contributed by atoms with Crippen molar-refractivity contribution >= 4 is 12.0 Å². The Morgan fingerprint density at radius 1 is 1.14 bits per heavy atom. The van der Waals surface area contributed by atoms with Gasteiger partial charge in [0.25, 0.3) is 5.78 Å². The standard InChI is InChI=1S/C17H11NO3/c1-2-18-13(7-9-14(18)16-5-3-11-20-16)8-10-15(19)17-6-4-12-21-17/h2-7,9,11-12H,1H2. The second-order valence-corrected chi connectivity index (χ2v) is 4.19. The average molecular weight is 277 g/mol. The highest BCUT2D eigenvalue weighted by Crippen LogP contribution is 2.23. The monoisotopic (exact) mass is 277 g/mol. The second-order valence-electron chi connectivity index (χ2n) is 4.19. The summed E-state index contributed by atoms with van der Waals surface area (Å²) in [5.74, 6) is 5.95. The Morgan fingerprint density at radius 2 is 1.95 bits per heavy atom. The Morgan fingerprint density at radius 3 is 2.62 bits per heavy atom. The highest BCUT2D eigenvalue weighted by molar-refractivity contribution is 6.07. The number of ketones is 1. The summed E-state index contributed by atoms with van der Waals surface area (Å²) in [6, 6.07) is 10.6. The van der Waals surface area contributed by atoms with Crippen molar-refractivity contribution in [3.63, 3.8) is 0 Å². The fraction of sp³-hybridized carbons (Fsp3) is 0. The molecule has 3 aromatic rings. The van der Waals surface area contributed by atoms with Gasteiger partial charge in [-0.25, -0.2) is 0 Å². The van der Waals surface area contributed by atoms with Gasteiger partial charge >= 0.3 is 0 Å². The molecule has 3 aromatic heterocycles. The zero-order valence-corrected chi connectivity index (χ0v) is 11.1. The molecule has 0 amide bonds. The van der Waals surface area contributed by atoms with Gasteiger partial charge < -0.3 is 13.4 Å². The van der Waals surface area contributed by atoms with E-state index >= 15 is 0 Å². The minimum Gasteiger partial charge on any atom is -0.463 e. The maximum absolute atomic E-state index is 11.8. The molecular weight excluding hydrogens is 266 g/mol. The molecule has 4 nitrogen and oxygen atoms in total. The van der Waals surface area contributed by atoms with Crippen molar-refractivity contribution in [3.8, 4) is 23.3 Å². The van der Waals surface area contributed by atoms with Crippen molar-refractivity contribution in [2.45, 2.75) is 0 Å². The predicted octanol–water partition coefficient (Wildman–Crippen LogP) is 3.68. The summed E-state index contributed by atoms with van der Waals surface area (Å²) < 4.78 is 12.1. The number of hydrogen-bond acceptors (Lipinski definition) is 3. The van der Waals surface area contributed by atoms with Crippen molar-refractivity contribution in [1.29, 1.82) is 0 Å². The van der Waals surface area contributed by atoms with Crippen molar-refractivity contribution in [2.75, 3.05) is 0 Å². The van der Waals surface area contributed by atoms with E-state index in [1.165, 1.54) is 6.26 Å². The molecule has 3 rings (SSSR count). The summed E-state index contributed by atoms with van der Waals surface area (Å²) in [6.07, 6.45) is 4.66. The number of carbonyl (C=O) groups excluding carboxylic acids is 1. The fourth-order valence-corrected chi connectivity index (χ4v) is 1.96. The minimum atomic E-state index is -0.364. The van der Waals surface area contributed by atoms with Gasteiger partial charge in [0.15, 0.2) is 11.5 Å². The van der Waals surface area contributed by atoms with E-state index in [9.17, 15) is 4.79 Å². The first-order valence-electron chi connectivity index (χ1n) is 6.27. The molecule has 3 heterocycles. The summed E-state index contributed by atoms with van der Waals surface area (Å²) in [4.78, 5) is 11.8. The minimum absolute atomic E-state index is 0.227. The molecule has 21 heavy (non-hydrogen) atoms. The van der Waals surface area contributed by atoms with Crippen molar-refractivity contribution in [3.05, 3.63) is 67.0 Å². The van der Waals surface area contributed by atoms with Crippen LogP contribution in [-0.4, -0.2) is 10.4 Å². The molecule has 102 valence electrons. The summed E-state index contributed by atoms with van der Waals surface area (Å²) in [5.41, 5.74) is 1.47. The van der Waals surface area contributed by atoms with E-state index in [-0.39, 0.29) is 11.5 Å². The number of hydrogen-bond donors (Lipinski definition) is 0. The number of rotatable bonds is 3. The molecular formula is C17H11NO3. The molecule has 0 fully saturated rings. The molecule has 0 aliphatic rings. The quantitative estimate of drug-likeness (QED) is 0.542. The fourth-order valence-electron chi connectivity index (χ4n) is 1.96. The van der Waals surface area contributed by atoms with Crippen LogP contribution >= 0.6 is 0 Å². The van der Waals surface area contributed by atoms with Crippen LogP contribution in [-0.2, 0) is 0 Å². The van der Waals surface area contributed by atoms with E-state index in [1.807, 2.05) is 24.3 Å². The third-order valence-electron chi connectivity index (χ3n) is 2.92. The maximum Gasteiger partial charge on any atom is 0.271 e. The molecule has 0 atom stereocenters. The van der Waals surface area contributed by atoms with Crippen LogP contribution in [0.4, 0.5) is 0 Å². The van der Waals surface area contributed by atoms with Crippen LogP contribution in [0.3, 0.4) is 0 Å². The zero-order chi connectivity index (χ0) is 14.7. The van der Waals surface area contributed by atoms with Gasteiger partial charge in [-0.15, -0.1) is 0 Å². The summed E-state index contributed by atoms with van der Waals surface area (Å²) >= 11 is 0. The first-order chi connectivity index (χ1) is 10.3. The number of nitrogens with zero attached hydrogens (tertiary/aromatic N) is 1.